The van der Waals surface area contributed by atoms with Crippen molar-refractivity contribution in [3.05, 3.63) is 30.1 Å². The third kappa shape index (κ3) is 3.28. The number of aliphatic imine (C=N–C) groups is 1. The van der Waals surface area contributed by atoms with E-state index in [2.05, 4.69) is 16.0 Å². The molecule has 1 rings (SSSR count). The maximum absolute atomic E-state index is 4.05. The largest absolute Gasteiger partial charge is 0.301 e. The average Bonchev–Trinajstić information content (AvgIpc) is 2.14. The molecule has 0 atom stereocenters. The van der Waals surface area contributed by atoms with Gasteiger partial charge in [0.25, 0.3) is 0 Å². The maximum atomic E-state index is 4.05. The van der Waals surface area contributed by atoms with Crippen LogP contribution in [0.2, 0.25) is 0 Å². The summed E-state index contributed by atoms with van der Waals surface area (Å²) in [5.41, 5.74) is 1.31. The molecule has 0 aromatic carbocycles. The Balaban J connectivity index is 2.24. The monoisotopic (exact) mass is 162 g/mol. The second kappa shape index (κ2) is 5.47. The number of rotatable bonds is 4. The van der Waals surface area contributed by atoms with E-state index >= 15 is 0 Å². The number of hydrogen-bond acceptors (Lipinski definition) is 2. The van der Waals surface area contributed by atoms with Crippen LogP contribution >= 0.6 is 0 Å². The van der Waals surface area contributed by atoms with Gasteiger partial charge in [-0.2, -0.15) is 0 Å². The van der Waals surface area contributed by atoms with Crippen LogP contribution in [0.5, 0.6) is 0 Å². The number of aryl methyl sites for hydroxylation is 1. The van der Waals surface area contributed by atoms with Crippen LogP contribution in [-0.2, 0) is 6.42 Å². The van der Waals surface area contributed by atoms with Gasteiger partial charge in [-0.1, -0.05) is 6.07 Å². The smallest absolute Gasteiger partial charge is 0.0299 e. The predicted octanol–water partition coefficient (Wildman–Crippen LogP) is 2.10. The zero-order chi connectivity index (χ0) is 8.65. The first-order chi connectivity index (χ1) is 5.93. The zero-order valence-corrected chi connectivity index (χ0v) is 7.40. The molecule has 0 aliphatic heterocycles. The molecule has 0 spiro atoms. The van der Waals surface area contributed by atoms with Crippen molar-refractivity contribution in [1.29, 1.82) is 0 Å². The van der Waals surface area contributed by atoms with Gasteiger partial charge in [-0.05, 0) is 37.1 Å². The van der Waals surface area contributed by atoms with E-state index in [-0.39, 0.29) is 0 Å². The van der Waals surface area contributed by atoms with E-state index in [9.17, 15) is 0 Å². The highest BCUT2D eigenvalue weighted by Gasteiger charge is 1.89. The minimum absolute atomic E-state index is 1.06. The lowest BCUT2D eigenvalue weighted by atomic mass is 10.1. The van der Waals surface area contributed by atoms with Crippen LogP contribution in [0, 0.1) is 0 Å². The molecule has 1 aromatic heterocycles. The van der Waals surface area contributed by atoms with Gasteiger partial charge < -0.3 is 4.99 Å². The molecule has 0 unspecified atom stereocenters. The SMILES string of the molecule is CN=CCCCc1cccnc1. The van der Waals surface area contributed by atoms with E-state index in [1.165, 1.54) is 5.56 Å². The Kier molecular flexibility index (Phi) is 4.06. The van der Waals surface area contributed by atoms with Gasteiger partial charge in [-0.15, -0.1) is 0 Å². The van der Waals surface area contributed by atoms with Crippen molar-refractivity contribution in [3.63, 3.8) is 0 Å². The third-order valence-corrected chi connectivity index (χ3v) is 1.70. The molecule has 0 bridgehead atoms. The predicted molar refractivity (Wildman–Crippen MR) is 51.6 cm³/mol. The Labute approximate surface area is 73.4 Å². The average molecular weight is 162 g/mol. The summed E-state index contributed by atoms with van der Waals surface area (Å²) in [4.78, 5) is 7.98. The molecule has 1 aromatic rings. The summed E-state index contributed by atoms with van der Waals surface area (Å²) in [6.07, 6.45) is 8.99. The van der Waals surface area contributed by atoms with E-state index in [4.69, 9.17) is 0 Å². The molecular weight excluding hydrogens is 148 g/mol. The number of unbranched alkanes of at least 4 members (excludes halogenated alkanes) is 1. The van der Waals surface area contributed by atoms with E-state index in [1.54, 1.807) is 6.20 Å². The first-order valence-electron chi connectivity index (χ1n) is 4.23. The lowest BCUT2D eigenvalue weighted by Crippen LogP contribution is -1.86. The fourth-order valence-corrected chi connectivity index (χ4v) is 1.07. The van der Waals surface area contributed by atoms with Crippen molar-refractivity contribution in [1.82, 2.24) is 4.98 Å². The highest BCUT2D eigenvalue weighted by Crippen LogP contribution is 2.01. The minimum Gasteiger partial charge on any atom is -0.301 e. The molecule has 0 saturated carbocycles. The summed E-state index contributed by atoms with van der Waals surface area (Å²) in [6.45, 7) is 0. The molecule has 0 fully saturated rings. The molecule has 64 valence electrons. The second-order valence-corrected chi connectivity index (χ2v) is 2.69. The molecule has 1 heterocycles. The second-order valence-electron chi connectivity index (χ2n) is 2.69. The molecule has 0 saturated heterocycles. The lowest BCUT2D eigenvalue weighted by Gasteiger charge is -1.96. The van der Waals surface area contributed by atoms with Crippen LogP contribution in [0.4, 0.5) is 0 Å². The normalized spacial score (nSPS) is 10.8. The van der Waals surface area contributed by atoms with E-state index in [1.807, 2.05) is 25.5 Å². The fraction of sp³-hybridized carbons (Fsp3) is 0.400. The van der Waals surface area contributed by atoms with Gasteiger partial charge in [0.2, 0.25) is 0 Å². The molecule has 0 N–H and O–H groups in total. The molecule has 0 radical (unpaired) electrons. The summed E-state index contributed by atoms with van der Waals surface area (Å²) in [5, 5.41) is 0. The zero-order valence-electron chi connectivity index (χ0n) is 7.40. The topological polar surface area (TPSA) is 25.2 Å². The number of aromatic nitrogens is 1. The third-order valence-electron chi connectivity index (χ3n) is 1.70. The van der Waals surface area contributed by atoms with Gasteiger partial charge in [-0.25, -0.2) is 0 Å². The van der Waals surface area contributed by atoms with Crippen LogP contribution in [0.1, 0.15) is 18.4 Å². The van der Waals surface area contributed by atoms with Gasteiger partial charge in [0.15, 0.2) is 0 Å². The summed E-state index contributed by atoms with van der Waals surface area (Å²) >= 11 is 0. The number of pyridine rings is 1. The van der Waals surface area contributed by atoms with Crippen LogP contribution in [-0.4, -0.2) is 18.2 Å². The van der Waals surface area contributed by atoms with Crippen molar-refractivity contribution in [2.75, 3.05) is 7.05 Å². The highest BCUT2D eigenvalue weighted by molar-refractivity contribution is 5.56. The Hall–Kier alpha value is -1.18. The summed E-state index contributed by atoms with van der Waals surface area (Å²) < 4.78 is 0. The molecule has 2 heteroatoms. The van der Waals surface area contributed by atoms with Crippen LogP contribution < -0.4 is 0 Å². The van der Waals surface area contributed by atoms with Crippen molar-refractivity contribution in [2.24, 2.45) is 4.99 Å². The quantitative estimate of drug-likeness (QED) is 0.491. The van der Waals surface area contributed by atoms with Crippen LogP contribution in [0.25, 0.3) is 0 Å². The Morgan fingerprint density at radius 1 is 1.58 bits per heavy atom. The molecular formula is C10H14N2. The molecule has 0 aliphatic rings. The summed E-state index contributed by atoms with van der Waals surface area (Å²) in [5.74, 6) is 0. The standard InChI is InChI=1S/C10H14N2/c1-11-7-3-2-5-10-6-4-8-12-9-10/h4,6-9H,2-3,5H2,1H3. The van der Waals surface area contributed by atoms with Crippen LogP contribution in [0.15, 0.2) is 29.5 Å². The molecule has 12 heavy (non-hydrogen) atoms. The van der Waals surface area contributed by atoms with Gasteiger partial charge in [0, 0.05) is 19.4 Å². The Bertz CT molecular complexity index is 229. The summed E-state index contributed by atoms with van der Waals surface area (Å²) in [7, 11) is 1.81. The Morgan fingerprint density at radius 3 is 3.17 bits per heavy atom. The van der Waals surface area contributed by atoms with Crippen molar-refractivity contribution in [2.45, 2.75) is 19.3 Å². The molecule has 2 nitrogen and oxygen atoms in total. The van der Waals surface area contributed by atoms with E-state index in [0.717, 1.165) is 19.3 Å². The maximum Gasteiger partial charge on any atom is 0.0299 e. The van der Waals surface area contributed by atoms with E-state index < -0.39 is 0 Å². The number of hydrogen-bond donors (Lipinski definition) is 0. The Morgan fingerprint density at radius 2 is 2.50 bits per heavy atom. The van der Waals surface area contributed by atoms with Crippen molar-refractivity contribution in [3.8, 4) is 0 Å². The van der Waals surface area contributed by atoms with E-state index in [0.29, 0.717) is 0 Å². The minimum atomic E-state index is 1.06. The molecule has 0 aliphatic carbocycles. The van der Waals surface area contributed by atoms with Gasteiger partial charge in [0.05, 0.1) is 0 Å². The molecule has 0 amide bonds. The van der Waals surface area contributed by atoms with Crippen molar-refractivity contribution >= 4 is 6.21 Å². The number of nitrogens with zero attached hydrogens (tertiary/aromatic N) is 2. The van der Waals surface area contributed by atoms with Gasteiger partial charge in [0.1, 0.15) is 0 Å². The first kappa shape index (κ1) is 8.91. The van der Waals surface area contributed by atoms with Crippen LogP contribution in [0.3, 0.4) is 0 Å². The first-order valence-corrected chi connectivity index (χ1v) is 4.23. The van der Waals surface area contributed by atoms with Crippen molar-refractivity contribution < 1.29 is 0 Å². The summed E-state index contributed by atoms with van der Waals surface area (Å²) in [6, 6.07) is 4.08. The van der Waals surface area contributed by atoms with Gasteiger partial charge in [-0.3, -0.25) is 4.98 Å². The highest BCUT2D eigenvalue weighted by atomic mass is 14.6. The van der Waals surface area contributed by atoms with Gasteiger partial charge >= 0.3 is 0 Å². The lowest BCUT2D eigenvalue weighted by molar-refractivity contribution is 0.867. The fourth-order valence-electron chi connectivity index (χ4n) is 1.07.